The van der Waals surface area contributed by atoms with E-state index in [9.17, 15) is 0 Å². The van der Waals surface area contributed by atoms with Crippen molar-refractivity contribution in [2.45, 2.75) is 38.1 Å². The van der Waals surface area contributed by atoms with Crippen LogP contribution < -0.4 is 10.5 Å². The Morgan fingerprint density at radius 1 is 1.26 bits per heavy atom. The summed E-state index contributed by atoms with van der Waals surface area (Å²) in [6, 6.07) is 8.95. The predicted octanol–water partition coefficient (Wildman–Crippen LogP) is 2.40. The average molecular weight is 262 g/mol. The Balaban J connectivity index is 2.25. The maximum Gasteiger partial charge on any atom is 0.122 e. The number of likely N-dealkylation sites (tertiary alicyclic amines) is 1. The van der Waals surface area contributed by atoms with Gasteiger partial charge in [0.1, 0.15) is 5.75 Å². The largest absolute Gasteiger partial charge is 0.496 e. The number of methoxy groups -OCH3 is 1. The van der Waals surface area contributed by atoms with Crippen LogP contribution in [0.15, 0.2) is 24.3 Å². The Labute approximate surface area is 116 Å². The zero-order chi connectivity index (χ0) is 13.9. The third kappa shape index (κ3) is 2.77. The molecule has 1 aromatic carbocycles. The third-order valence-electron chi connectivity index (χ3n) is 4.55. The van der Waals surface area contributed by atoms with Gasteiger partial charge >= 0.3 is 0 Å². The van der Waals surface area contributed by atoms with Gasteiger partial charge in [-0.25, -0.2) is 0 Å². The summed E-state index contributed by atoms with van der Waals surface area (Å²) >= 11 is 0. The van der Waals surface area contributed by atoms with Gasteiger partial charge in [0.2, 0.25) is 0 Å². The Kier molecular flexibility index (Phi) is 4.48. The molecule has 3 heteroatoms. The molecule has 19 heavy (non-hydrogen) atoms. The molecule has 0 unspecified atom stereocenters. The van der Waals surface area contributed by atoms with Crippen molar-refractivity contribution >= 4 is 0 Å². The van der Waals surface area contributed by atoms with Crippen molar-refractivity contribution in [1.82, 2.24) is 4.90 Å². The Morgan fingerprint density at radius 3 is 2.42 bits per heavy atom. The van der Waals surface area contributed by atoms with E-state index in [0.717, 1.165) is 31.7 Å². The molecule has 3 nitrogen and oxygen atoms in total. The molecule has 1 aromatic rings. The quantitative estimate of drug-likeness (QED) is 0.905. The number of nitrogens with two attached hydrogens (primary N) is 1. The molecule has 0 bridgehead atoms. The fourth-order valence-electron chi connectivity index (χ4n) is 3.13. The summed E-state index contributed by atoms with van der Waals surface area (Å²) in [6.45, 7) is 7.45. The van der Waals surface area contributed by atoms with Gasteiger partial charge in [-0.3, -0.25) is 0 Å². The summed E-state index contributed by atoms with van der Waals surface area (Å²) in [5, 5.41) is 0. The molecule has 0 spiro atoms. The molecule has 0 saturated carbocycles. The predicted molar refractivity (Wildman–Crippen MR) is 79.7 cm³/mol. The van der Waals surface area contributed by atoms with Crippen molar-refractivity contribution in [3.63, 3.8) is 0 Å². The van der Waals surface area contributed by atoms with Gasteiger partial charge < -0.3 is 15.4 Å². The first kappa shape index (κ1) is 14.4. The first-order valence-corrected chi connectivity index (χ1v) is 7.20. The Bertz CT molecular complexity index is 409. The van der Waals surface area contributed by atoms with Gasteiger partial charge in [0, 0.05) is 23.6 Å². The van der Waals surface area contributed by atoms with Gasteiger partial charge in [0.25, 0.3) is 0 Å². The minimum atomic E-state index is 0.0813. The van der Waals surface area contributed by atoms with Crippen LogP contribution in [0.5, 0.6) is 5.75 Å². The average Bonchev–Trinajstić information content (AvgIpc) is 2.47. The van der Waals surface area contributed by atoms with Crippen LogP contribution in [0.4, 0.5) is 0 Å². The van der Waals surface area contributed by atoms with Crippen molar-refractivity contribution in [3.8, 4) is 5.75 Å². The number of para-hydroxylation sites is 1. The van der Waals surface area contributed by atoms with Crippen molar-refractivity contribution in [2.24, 2.45) is 5.73 Å². The van der Waals surface area contributed by atoms with E-state index in [1.54, 1.807) is 7.11 Å². The highest BCUT2D eigenvalue weighted by atomic mass is 16.5. The molecule has 1 aliphatic rings. The number of hydrogen-bond donors (Lipinski definition) is 1. The minimum absolute atomic E-state index is 0.0813. The van der Waals surface area contributed by atoms with Crippen molar-refractivity contribution in [1.29, 1.82) is 0 Å². The third-order valence-corrected chi connectivity index (χ3v) is 4.55. The number of piperidine rings is 1. The van der Waals surface area contributed by atoms with Crippen molar-refractivity contribution < 1.29 is 4.74 Å². The molecule has 0 aromatic heterocycles. The first-order valence-electron chi connectivity index (χ1n) is 7.20. The Hall–Kier alpha value is -1.06. The number of nitrogens with zero attached hydrogens (tertiary/aromatic N) is 1. The SMILES string of the molecule is COc1ccccc1C1(CN)CCN(C(C)C)CC1. The van der Waals surface area contributed by atoms with E-state index >= 15 is 0 Å². The molecular formula is C16H26N2O. The molecule has 2 rings (SSSR count). The molecule has 1 saturated heterocycles. The van der Waals surface area contributed by atoms with Gasteiger partial charge in [-0.05, 0) is 45.8 Å². The van der Waals surface area contributed by atoms with E-state index in [0.29, 0.717) is 12.6 Å². The molecular weight excluding hydrogens is 236 g/mol. The maximum absolute atomic E-state index is 6.14. The summed E-state index contributed by atoms with van der Waals surface area (Å²) < 4.78 is 5.53. The topological polar surface area (TPSA) is 38.5 Å². The van der Waals surface area contributed by atoms with Crippen LogP contribution in [0, 0.1) is 0 Å². The lowest BCUT2D eigenvalue weighted by Crippen LogP contribution is -2.48. The summed E-state index contributed by atoms with van der Waals surface area (Å²) in [7, 11) is 1.74. The normalized spacial score (nSPS) is 19.6. The first-order chi connectivity index (χ1) is 9.13. The molecule has 1 heterocycles. The van der Waals surface area contributed by atoms with Crippen molar-refractivity contribution in [2.75, 3.05) is 26.7 Å². The van der Waals surface area contributed by atoms with Crippen LogP contribution in [0.1, 0.15) is 32.3 Å². The zero-order valence-electron chi connectivity index (χ0n) is 12.4. The summed E-state index contributed by atoms with van der Waals surface area (Å²) in [5.74, 6) is 0.978. The molecule has 0 aliphatic carbocycles. The lowest BCUT2D eigenvalue weighted by Gasteiger charge is -2.43. The van der Waals surface area contributed by atoms with E-state index in [4.69, 9.17) is 10.5 Å². The zero-order valence-corrected chi connectivity index (χ0v) is 12.4. The fraction of sp³-hybridized carbons (Fsp3) is 0.625. The van der Waals surface area contributed by atoms with E-state index < -0.39 is 0 Å². The van der Waals surface area contributed by atoms with Gasteiger partial charge in [0.15, 0.2) is 0 Å². The molecule has 1 fully saturated rings. The van der Waals surface area contributed by atoms with Crippen LogP contribution in [-0.4, -0.2) is 37.7 Å². The second-order valence-electron chi connectivity index (χ2n) is 5.81. The molecule has 0 radical (unpaired) electrons. The van der Waals surface area contributed by atoms with Crippen LogP contribution in [-0.2, 0) is 5.41 Å². The highest BCUT2D eigenvalue weighted by molar-refractivity contribution is 5.40. The van der Waals surface area contributed by atoms with Gasteiger partial charge in [-0.1, -0.05) is 18.2 Å². The lowest BCUT2D eigenvalue weighted by atomic mass is 9.72. The van der Waals surface area contributed by atoms with Gasteiger partial charge in [-0.15, -0.1) is 0 Å². The van der Waals surface area contributed by atoms with Crippen LogP contribution in [0.3, 0.4) is 0 Å². The lowest BCUT2D eigenvalue weighted by molar-refractivity contribution is 0.130. The number of benzene rings is 1. The number of rotatable bonds is 4. The Morgan fingerprint density at radius 2 is 1.89 bits per heavy atom. The van der Waals surface area contributed by atoms with Crippen LogP contribution in [0.2, 0.25) is 0 Å². The summed E-state index contributed by atoms with van der Waals surface area (Å²) in [6.07, 6.45) is 2.23. The van der Waals surface area contributed by atoms with Crippen LogP contribution in [0.25, 0.3) is 0 Å². The van der Waals surface area contributed by atoms with Crippen molar-refractivity contribution in [3.05, 3.63) is 29.8 Å². The molecule has 0 atom stereocenters. The van der Waals surface area contributed by atoms with Gasteiger partial charge in [0.05, 0.1) is 7.11 Å². The second-order valence-corrected chi connectivity index (χ2v) is 5.81. The second kappa shape index (κ2) is 5.93. The smallest absolute Gasteiger partial charge is 0.122 e. The molecule has 0 amide bonds. The number of hydrogen-bond acceptors (Lipinski definition) is 3. The van der Waals surface area contributed by atoms with E-state index in [1.165, 1.54) is 5.56 Å². The molecule has 2 N–H and O–H groups in total. The fourth-order valence-corrected chi connectivity index (χ4v) is 3.13. The monoisotopic (exact) mass is 262 g/mol. The minimum Gasteiger partial charge on any atom is -0.496 e. The number of ether oxygens (including phenoxy) is 1. The highest BCUT2D eigenvalue weighted by Gasteiger charge is 2.37. The van der Waals surface area contributed by atoms with E-state index in [-0.39, 0.29) is 5.41 Å². The van der Waals surface area contributed by atoms with Gasteiger partial charge in [-0.2, -0.15) is 0 Å². The maximum atomic E-state index is 6.14. The van der Waals surface area contributed by atoms with E-state index in [2.05, 4.69) is 30.9 Å². The summed E-state index contributed by atoms with van der Waals surface area (Å²) in [4.78, 5) is 2.53. The highest BCUT2D eigenvalue weighted by Crippen LogP contribution is 2.39. The standard InChI is InChI=1S/C16H26N2O/c1-13(2)18-10-8-16(12-17,9-11-18)14-6-4-5-7-15(14)19-3/h4-7,13H,8-12,17H2,1-3H3. The molecule has 1 aliphatic heterocycles. The van der Waals surface area contributed by atoms with Crippen LogP contribution >= 0.6 is 0 Å². The molecule has 106 valence electrons. The van der Waals surface area contributed by atoms with E-state index in [1.807, 2.05) is 12.1 Å². The summed E-state index contributed by atoms with van der Waals surface area (Å²) in [5.41, 5.74) is 7.50.